The summed E-state index contributed by atoms with van der Waals surface area (Å²) in [5.74, 6) is 1.02. The molecule has 25 heavy (non-hydrogen) atoms. The number of benzene rings is 2. The molecule has 2 atom stereocenters. The zero-order valence-electron chi connectivity index (χ0n) is 16.1. The summed E-state index contributed by atoms with van der Waals surface area (Å²) in [6.07, 6.45) is -0.547. The number of aryl methyl sites for hydroxylation is 2. The summed E-state index contributed by atoms with van der Waals surface area (Å²) >= 11 is 0. The van der Waals surface area contributed by atoms with E-state index in [2.05, 4.69) is 51.2 Å². The standard InChI is InChI=1S/C22H29NO2/c1-14(2)20-9-7-8-10-21(20)25-18(6)22(24)23-17(5)19-12-11-15(3)16(4)13-19/h7-14,17-18H,1-6H3,(H,23,24)/t17-,18-/m0/s1. The zero-order valence-corrected chi connectivity index (χ0v) is 16.1. The zero-order chi connectivity index (χ0) is 18.6. The first-order valence-electron chi connectivity index (χ1n) is 8.92. The molecule has 0 aliphatic carbocycles. The van der Waals surface area contributed by atoms with Crippen LogP contribution in [0.1, 0.15) is 61.9 Å². The lowest BCUT2D eigenvalue weighted by molar-refractivity contribution is -0.127. The van der Waals surface area contributed by atoms with Gasteiger partial charge < -0.3 is 10.1 Å². The molecule has 0 heterocycles. The first kappa shape index (κ1) is 19.0. The molecular formula is C22H29NO2. The number of carbonyl (C=O) groups is 1. The number of para-hydroxylation sites is 1. The molecule has 0 aliphatic rings. The number of amides is 1. The van der Waals surface area contributed by atoms with Crippen LogP contribution in [0, 0.1) is 13.8 Å². The highest BCUT2D eigenvalue weighted by Crippen LogP contribution is 2.27. The van der Waals surface area contributed by atoms with Gasteiger partial charge in [0.05, 0.1) is 6.04 Å². The van der Waals surface area contributed by atoms with Crippen LogP contribution in [-0.2, 0) is 4.79 Å². The molecule has 1 amide bonds. The molecule has 2 aromatic rings. The molecule has 2 aromatic carbocycles. The molecule has 3 heteroatoms. The van der Waals surface area contributed by atoms with Gasteiger partial charge in [-0.2, -0.15) is 0 Å². The highest BCUT2D eigenvalue weighted by molar-refractivity contribution is 5.81. The number of hydrogen-bond donors (Lipinski definition) is 1. The van der Waals surface area contributed by atoms with Crippen molar-refractivity contribution in [1.29, 1.82) is 0 Å². The summed E-state index contributed by atoms with van der Waals surface area (Å²) < 4.78 is 5.94. The third kappa shape index (κ3) is 4.85. The van der Waals surface area contributed by atoms with E-state index in [4.69, 9.17) is 4.74 Å². The SMILES string of the molecule is Cc1ccc([C@H](C)NC(=O)[C@H](C)Oc2ccccc2C(C)C)cc1C. The van der Waals surface area contributed by atoms with Gasteiger partial charge in [-0.1, -0.05) is 50.2 Å². The van der Waals surface area contributed by atoms with Crippen LogP contribution in [0.5, 0.6) is 5.75 Å². The molecule has 0 fully saturated rings. The molecular weight excluding hydrogens is 310 g/mol. The average Bonchev–Trinajstić information content (AvgIpc) is 2.57. The van der Waals surface area contributed by atoms with Gasteiger partial charge in [-0.15, -0.1) is 0 Å². The van der Waals surface area contributed by atoms with Crippen LogP contribution >= 0.6 is 0 Å². The first-order valence-corrected chi connectivity index (χ1v) is 8.92. The molecule has 0 spiro atoms. The first-order chi connectivity index (χ1) is 11.8. The van der Waals surface area contributed by atoms with E-state index in [0.29, 0.717) is 5.92 Å². The Kier molecular flexibility index (Phi) is 6.24. The Bertz CT molecular complexity index is 737. The van der Waals surface area contributed by atoms with Gasteiger partial charge in [0, 0.05) is 0 Å². The number of hydrogen-bond acceptors (Lipinski definition) is 2. The van der Waals surface area contributed by atoms with Gasteiger partial charge in [-0.05, 0) is 61.9 Å². The molecule has 0 saturated carbocycles. The smallest absolute Gasteiger partial charge is 0.261 e. The van der Waals surface area contributed by atoms with Crippen molar-refractivity contribution in [2.24, 2.45) is 0 Å². The van der Waals surface area contributed by atoms with E-state index < -0.39 is 6.10 Å². The van der Waals surface area contributed by atoms with Gasteiger partial charge in [-0.25, -0.2) is 0 Å². The maximum atomic E-state index is 12.5. The van der Waals surface area contributed by atoms with E-state index >= 15 is 0 Å². The average molecular weight is 339 g/mol. The number of ether oxygens (including phenoxy) is 1. The molecule has 0 aromatic heterocycles. The number of nitrogens with one attached hydrogen (secondary N) is 1. The second-order valence-electron chi connectivity index (χ2n) is 7.03. The van der Waals surface area contributed by atoms with E-state index in [1.165, 1.54) is 11.1 Å². The van der Waals surface area contributed by atoms with Gasteiger partial charge in [0.1, 0.15) is 5.75 Å². The Balaban J connectivity index is 2.04. The normalized spacial score (nSPS) is 13.4. The predicted octanol–water partition coefficient (Wildman–Crippen LogP) is 5.07. The Morgan fingerprint density at radius 1 is 0.960 bits per heavy atom. The summed E-state index contributed by atoms with van der Waals surface area (Å²) in [7, 11) is 0. The summed E-state index contributed by atoms with van der Waals surface area (Å²) in [5, 5.41) is 3.05. The topological polar surface area (TPSA) is 38.3 Å². The van der Waals surface area contributed by atoms with Crippen LogP contribution in [0.2, 0.25) is 0 Å². The summed E-state index contributed by atoms with van der Waals surface area (Å²) in [5.41, 5.74) is 4.70. The molecule has 2 rings (SSSR count). The fourth-order valence-corrected chi connectivity index (χ4v) is 2.76. The van der Waals surface area contributed by atoms with Crippen molar-refractivity contribution in [3.63, 3.8) is 0 Å². The number of carbonyl (C=O) groups excluding carboxylic acids is 1. The fourth-order valence-electron chi connectivity index (χ4n) is 2.76. The Labute approximate surface area is 151 Å². The third-order valence-electron chi connectivity index (χ3n) is 4.60. The monoisotopic (exact) mass is 339 g/mol. The minimum atomic E-state index is -0.547. The lowest BCUT2D eigenvalue weighted by Crippen LogP contribution is -2.38. The van der Waals surface area contributed by atoms with Gasteiger partial charge in [-0.3, -0.25) is 4.79 Å². The minimum Gasteiger partial charge on any atom is -0.481 e. The molecule has 134 valence electrons. The molecule has 1 N–H and O–H groups in total. The van der Waals surface area contributed by atoms with Crippen molar-refractivity contribution < 1.29 is 9.53 Å². The fraction of sp³-hybridized carbons (Fsp3) is 0.409. The van der Waals surface area contributed by atoms with Crippen LogP contribution in [0.25, 0.3) is 0 Å². The Morgan fingerprint density at radius 2 is 1.64 bits per heavy atom. The van der Waals surface area contributed by atoms with Crippen molar-refractivity contribution in [2.45, 2.75) is 59.6 Å². The van der Waals surface area contributed by atoms with Crippen LogP contribution in [0.3, 0.4) is 0 Å². The lowest BCUT2D eigenvalue weighted by Gasteiger charge is -2.21. The van der Waals surface area contributed by atoms with Crippen molar-refractivity contribution in [3.8, 4) is 5.75 Å². The van der Waals surface area contributed by atoms with E-state index in [1.807, 2.05) is 31.2 Å². The minimum absolute atomic E-state index is 0.0572. The van der Waals surface area contributed by atoms with E-state index in [0.717, 1.165) is 16.9 Å². The van der Waals surface area contributed by atoms with Crippen LogP contribution in [-0.4, -0.2) is 12.0 Å². The van der Waals surface area contributed by atoms with E-state index in [1.54, 1.807) is 6.92 Å². The maximum absolute atomic E-state index is 12.5. The molecule has 0 radical (unpaired) electrons. The molecule has 0 unspecified atom stereocenters. The van der Waals surface area contributed by atoms with Crippen LogP contribution < -0.4 is 10.1 Å². The van der Waals surface area contributed by atoms with Crippen molar-refractivity contribution >= 4 is 5.91 Å². The highest BCUT2D eigenvalue weighted by atomic mass is 16.5. The highest BCUT2D eigenvalue weighted by Gasteiger charge is 2.19. The maximum Gasteiger partial charge on any atom is 0.261 e. The van der Waals surface area contributed by atoms with Crippen molar-refractivity contribution in [2.75, 3.05) is 0 Å². The van der Waals surface area contributed by atoms with Gasteiger partial charge in [0.15, 0.2) is 6.10 Å². The summed E-state index contributed by atoms with van der Waals surface area (Å²) in [6, 6.07) is 14.1. The second kappa shape index (κ2) is 8.19. The second-order valence-corrected chi connectivity index (χ2v) is 7.03. The molecule has 3 nitrogen and oxygen atoms in total. The van der Waals surface area contributed by atoms with Crippen LogP contribution in [0.4, 0.5) is 0 Å². The van der Waals surface area contributed by atoms with Crippen LogP contribution in [0.15, 0.2) is 42.5 Å². The molecule has 0 saturated heterocycles. The third-order valence-corrected chi connectivity index (χ3v) is 4.60. The Morgan fingerprint density at radius 3 is 2.28 bits per heavy atom. The van der Waals surface area contributed by atoms with Gasteiger partial charge in [0.2, 0.25) is 0 Å². The molecule has 0 bridgehead atoms. The number of rotatable bonds is 6. The van der Waals surface area contributed by atoms with Crippen molar-refractivity contribution in [3.05, 3.63) is 64.7 Å². The van der Waals surface area contributed by atoms with Gasteiger partial charge in [0.25, 0.3) is 5.91 Å². The lowest BCUT2D eigenvalue weighted by atomic mass is 10.0. The molecule has 0 aliphatic heterocycles. The quantitative estimate of drug-likeness (QED) is 0.798. The predicted molar refractivity (Wildman–Crippen MR) is 103 cm³/mol. The van der Waals surface area contributed by atoms with Crippen molar-refractivity contribution in [1.82, 2.24) is 5.32 Å². The van der Waals surface area contributed by atoms with Gasteiger partial charge >= 0.3 is 0 Å². The van der Waals surface area contributed by atoms with E-state index in [9.17, 15) is 4.79 Å². The summed E-state index contributed by atoms with van der Waals surface area (Å²) in [4.78, 5) is 12.5. The largest absolute Gasteiger partial charge is 0.481 e. The Hall–Kier alpha value is -2.29. The van der Waals surface area contributed by atoms with E-state index in [-0.39, 0.29) is 11.9 Å². The summed E-state index contributed by atoms with van der Waals surface area (Å²) in [6.45, 7) is 12.2.